The Kier molecular flexibility index (Phi) is 3.57. The van der Waals surface area contributed by atoms with Crippen molar-refractivity contribution in [2.24, 2.45) is 7.05 Å². The number of benzene rings is 1. The summed E-state index contributed by atoms with van der Waals surface area (Å²) < 4.78 is 3.02. The first kappa shape index (κ1) is 15.8. The largest absolute Gasteiger partial charge is 0.363 e. The van der Waals surface area contributed by atoms with E-state index in [1.165, 1.54) is 0 Å². The fraction of sp³-hybridized carbons (Fsp3) is 0.294. The highest BCUT2D eigenvalue weighted by Gasteiger charge is 2.17. The summed E-state index contributed by atoms with van der Waals surface area (Å²) in [7, 11) is 1.93. The molecule has 0 atom stereocenters. The van der Waals surface area contributed by atoms with Crippen LogP contribution in [0.15, 0.2) is 30.0 Å². The van der Waals surface area contributed by atoms with Crippen molar-refractivity contribution < 1.29 is 0 Å². The molecule has 0 bridgehead atoms. The van der Waals surface area contributed by atoms with Crippen LogP contribution in [0.3, 0.4) is 0 Å². The number of rotatable bonds is 3. The number of aromatic nitrogens is 5. The zero-order valence-electron chi connectivity index (χ0n) is 14.5. The molecular formula is C17H19N7S. The van der Waals surface area contributed by atoms with Crippen molar-refractivity contribution in [3.63, 3.8) is 0 Å². The molecule has 0 saturated carbocycles. The maximum Gasteiger partial charge on any atom is 0.231 e. The van der Waals surface area contributed by atoms with Crippen LogP contribution >= 0.6 is 11.3 Å². The third kappa shape index (κ3) is 3.12. The van der Waals surface area contributed by atoms with Crippen molar-refractivity contribution >= 4 is 50.2 Å². The smallest absolute Gasteiger partial charge is 0.231 e. The quantitative estimate of drug-likeness (QED) is 0.581. The van der Waals surface area contributed by atoms with Crippen molar-refractivity contribution in [1.29, 1.82) is 0 Å². The Balaban J connectivity index is 1.76. The summed E-state index contributed by atoms with van der Waals surface area (Å²) in [6.45, 7) is 6.28. The minimum absolute atomic E-state index is 0.127. The molecule has 0 radical (unpaired) electrons. The van der Waals surface area contributed by atoms with Crippen molar-refractivity contribution in [1.82, 2.24) is 24.5 Å². The lowest BCUT2D eigenvalue weighted by molar-refractivity contribution is 0.631. The van der Waals surface area contributed by atoms with Gasteiger partial charge in [-0.2, -0.15) is 9.97 Å². The first-order valence-electron chi connectivity index (χ1n) is 7.96. The molecule has 0 unspecified atom stereocenters. The number of nitrogens with one attached hydrogen (secondary N) is 2. The van der Waals surface area contributed by atoms with E-state index >= 15 is 0 Å². The molecule has 3 heterocycles. The zero-order valence-corrected chi connectivity index (χ0v) is 15.3. The van der Waals surface area contributed by atoms with Gasteiger partial charge in [0.25, 0.3) is 0 Å². The van der Waals surface area contributed by atoms with Crippen LogP contribution < -0.4 is 10.6 Å². The predicted octanol–water partition coefficient (Wildman–Crippen LogP) is 3.93. The van der Waals surface area contributed by atoms with Crippen LogP contribution in [0.5, 0.6) is 0 Å². The molecule has 2 N–H and O–H groups in total. The van der Waals surface area contributed by atoms with Gasteiger partial charge in [-0.3, -0.25) is 0 Å². The van der Waals surface area contributed by atoms with E-state index in [0.29, 0.717) is 5.95 Å². The summed E-state index contributed by atoms with van der Waals surface area (Å²) in [5.41, 5.74) is 5.19. The fourth-order valence-corrected chi connectivity index (χ4v) is 3.28. The van der Waals surface area contributed by atoms with Crippen LogP contribution in [-0.2, 0) is 7.05 Å². The third-order valence-electron chi connectivity index (χ3n) is 3.64. The summed E-state index contributed by atoms with van der Waals surface area (Å²) in [5.74, 6) is 1.26. The molecule has 0 aliphatic rings. The molecule has 7 nitrogen and oxygen atoms in total. The Morgan fingerprint density at radius 2 is 1.96 bits per heavy atom. The topological polar surface area (TPSA) is 80.5 Å². The van der Waals surface area contributed by atoms with Crippen molar-refractivity contribution in [3.05, 3.63) is 30.0 Å². The van der Waals surface area contributed by atoms with Gasteiger partial charge in [0, 0.05) is 18.3 Å². The van der Waals surface area contributed by atoms with Gasteiger partial charge in [-0.15, -0.1) is 11.3 Å². The summed E-state index contributed by atoms with van der Waals surface area (Å²) >= 11 is 1.61. The number of hydrogen-bond donors (Lipinski definition) is 2. The average molecular weight is 353 g/mol. The highest BCUT2D eigenvalue weighted by molar-refractivity contribution is 7.16. The standard InChI is InChI=1S/C17H19N7S/c1-17(2,3)23-14-13-15(24(4)8-18-13)22-16(21-14)20-10-5-6-11-12(7-10)25-9-19-11/h5-9H,1-4H3,(H2,20,21,22,23). The van der Waals surface area contributed by atoms with Crippen LogP contribution in [0, 0.1) is 0 Å². The van der Waals surface area contributed by atoms with Crippen LogP contribution in [0.25, 0.3) is 21.4 Å². The Morgan fingerprint density at radius 1 is 1.12 bits per heavy atom. The van der Waals surface area contributed by atoms with Gasteiger partial charge in [0.2, 0.25) is 5.95 Å². The number of anilines is 3. The molecular weight excluding hydrogens is 334 g/mol. The maximum absolute atomic E-state index is 4.64. The summed E-state index contributed by atoms with van der Waals surface area (Å²) in [6, 6.07) is 6.03. The zero-order chi connectivity index (χ0) is 17.6. The van der Waals surface area contributed by atoms with Gasteiger partial charge in [0.05, 0.1) is 22.1 Å². The lowest BCUT2D eigenvalue weighted by Crippen LogP contribution is -2.27. The van der Waals surface area contributed by atoms with E-state index in [2.05, 4.69) is 57.4 Å². The first-order valence-corrected chi connectivity index (χ1v) is 8.84. The van der Waals surface area contributed by atoms with Crippen LogP contribution in [0.2, 0.25) is 0 Å². The third-order valence-corrected chi connectivity index (χ3v) is 4.43. The second kappa shape index (κ2) is 5.66. The first-order chi connectivity index (χ1) is 11.9. The van der Waals surface area contributed by atoms with Gasteiger partial charge in [0.1, 0.15) is 0 Å². The molecule has 3 aromatic heterocycles. The van der Waals surface area contributed by atoms with Gasteiger partial charge in [-0.05, 0) is 39.0 Å². The molecule has 128 valence electrons. The van der Waals surface area contributed by atoms with Crippen molar-refractivity contribution in [2.45, 2.75) is 26.3 Å². The lowest BCUT2D eigenvalue weighted by atomic mass is 10.1. The Labute approximate surface area is 149 Å². The van der Waals surface area contributed by atoms with Gasteiger partial charge >= 0.3 is 0 Å². The summed E-state index contributed by atoms with van der Waals surface area (Å²) in [6.07, 6.45) is 1.75. The van der Waals surface area contributed by atoms with E-state index in [0.717, 1.165) is 32.9 Å². The fourth-order valence-electron chi connectivity index (χ4n) is 2.57. The number of imidazole rings is 1. The molecule has 0 spiro atoms. The maximum atomic E-state index is 4.64. The van der Waals surface area contributed by atoms with Crippen LogP contribution in [-0.4, -0.2) is 30.0 Å². The van der Waals surface area contributed by atoms with Gasteiger partial charge in [-0.1, -0.05) is 0 Å². The molecule has 0 amide bonds. The Bertz CT molecular complexity index is 1060. The molecule has 4 rings (SSSR count). The van der Waals surface area contributed by atoms with E-state index < -0.39 is 0 Å². The number of nitrogens with zero attached hydrogens (tertiary/aromatic N) is 5. The Hall–Kier alpha value is -2.74. The SMILES string of the molecule is Cn1cnc2c(NC(C)(C)C)nc(Nc3ccc4ncsc4c3)nc21. The second-order valence-corrected chi connectivity index (χ2v) is 7.84. The van der Waals surface area contributed by atoms with E-state index in [4.69, 9.17) is 0 Å². The highest BCUT2D eigenvalue weighted by atomic mass is 32.1. The normalized spacial score (nSPS) is 12.0. The van der Waals surface area contributed by atoms with Gasteiger partial charge in [-0.25, -0.2) is 9.97 Å². The van der Waals surface area contributed by atoms with Crippen LogP contribution in [0.4, 0.5) is 17.5 Å². The lowest BCUT2D eigenvalue weighted by Gasteiger charge is -2.21. The minimum Gasteiger partial charge on any atom is -0.363 e. The van der Waals surface area contributed by atoms with E-state index in [1.807, 2.05) is 29.3 Å². The number of hydrogen-bond acceptors (Lipinski definition) is 7. The number of aryl methyl sites for hydroxylation is 1. The molecule has 0 aliphatic carbocycles. The molecule has 4 aromatic rings. The Morgan fingerprint density at radius 3 is 2.76 bits per heavy atom. The number of fused-ring (bicyclic) bond motifs is 2. The van der Waals surface area contributed by atoms with Gasteiger partial charge in [0.15, 0.2) is 17.0 Å². The monoisotopic (exact) mass is 353 g/mol. The molecule has 0 fully saturated rings. The van der Waals surface area contributed by atoms with Crippen molar-refractivity contribution in [2.75, 3.05) is 10.6 Å². The van der Waals surface area contributed by atoms with Crippen LogP contribution in [0.1, 0.15) is 20.8 Å². The molecule has 8 heteroatoms. The minimum atomic E-state index is -0.127. The number of thiazole rings is 1. The average Bonchev–Trinajstić information content (AvgIpc) is 3.13. The molecule has 0 saturated heterocycles. The highest BCUT2D eigenvalue weighted by Crippen LogP contribution is 2.26. The summed E-state index contributed by atoms with van der Waals surface area (Å²) in [4.78, 5) is 18.0. The molecule has 1 aromatic carbocycles. The molecule has 0 aliphatic heterocycles. The summed E-state index contributed by atoms with van der Waals surface area (Å²) in [5, 5.41) is 6.71. The van der Waals surface area contributed by atoms with E-state index in [1.54, 1.807) is 17.7 Å². The van der Waals surface area contributed by atoms with Crippen molar-refractivity contribution in [3.8, 4) is 0 Å². The van der Waals surface area contributed by atoms with E-state index in [9.17, 15) is 0 Å². The van der Waals surface area contributed by atoms with Gasteiger partial charge < -0.3 is 15.2 Å². The molecule has 25 heavy (non-hydrogen) atoms. The second-order valence-electron chi connectivity index (χ2n) is 6.96. The van der Waals surface area contributed by atoms with E-state index in [-0.39, 0.29) is 5.54 Å². The predicted molar refractivity (Wildman–Crippen MR) is 103 cm³/mol.